The fourth-order valence-electron chi connectivity index (χ4n) is 4.35. The molecular formula is C13H20O3. The summed E-state index contributed by atoms with van der Waals surface area (Å²) >= 11 is 0. The Morgan fingerprint density at radius 2 is 2.06 bits per heavy atom. The molecule has 1 heterocycles. The molecule has 2 saturated carbocycles. The van der Waals surface area contributed by atoms with Crippen LogP contribution in [0, 0.1) is 17.3 Å². The van der Waals surface area contributed by atoms with Gasteiger partial charge in [-0.2, -0.15) is 0 Å². The van der Waals surface area contributed by atoms with Crippen LogP contribution in [0.3, 0.4) is 0 Å². The fraction of sp³-hybridized carbons (Fsp3) is 0.923. The van der Waals surface area contributed by atoms with Crippen LogP contribution in [0.2, 0.25) is 0 Å². The molecule has 4 unspecified atom stereocenters. The largest absolute Gasteiger partial charge is 0.463 e. The molecule has 3 fully saturated rings. The molecule has 3 aliphatic rings. The highest BCUT2D eigenvalue weighted by molar-refractivity contribution is 5.66. The number of carbonyl (C=O) groups excluding carboxylic acids is 1. The lowest BCUT2D eigenvalue weighted by atomic mass is 9.67. The van der Waals surface area contributed by atoms with E-state index >= 15 is 0 Å². The zero-order valence-electron chi connectivity index (χ0n) is 10.3. The number of carbonyl (C=O) groups is 1. The molecule has 3 heteroatoms. The third-order valence-corrected chi connectivity index (χ3v) is 5.26. The van der Waals surface area contributed by atoms with Crippen LogP contribution >= 0.6 is 0 Å². The molecule has 0 radical (unpaired) electrons. The van der Waals surface area contributed by atoms with E-state index in [0.717, 1.165) is 5.92 Å². The molecule has 0 aromatic rings. The minimum atomic E-state index is -0.202. The first-order valence-corrected chi connectivity index (χ1v) is 6.29. The highest BCUT2D eigenvalue weighted by Crippen LogP contribution is 2.70. The maximum absolute atomic E-state index is 10.8. The van der Waals surface area contributed by atoms with Crippen LogP contribution in [0.15, 0.2) is 0 Å². The molecule has 0 amide bonds. The van der Waals surface area contributed by atoms with Gasteiger partial charge in [0.05, 0.1) is 0 Å². The van der Waals surface area contributed by atoms with Gasteiger partial charge in [0, 0.05) is 6.92 Å². The van der Waals surface area contributed by atoms with Gasteiger partial charge < -0.3 is 9.47 Å². The molecule has 90 valence electrons. The van der Waals surface area contributed by atoms with Gasteiger partial charge in [0.2, 0.25) is 0 Å². The van der Waals surface area contributed by atoms with Gasteiger partial charge in [0.15, 0.2) is 0 Å². The summed E-state index contributed by atoms with van der Waals surface area (Å²) in [6.07, 6.45) is 4.11. The highest BCUT2D eigenvalue weighted by Gasteiger charge is 2.76. The van der Waals surface area contributed by atoms with Crippen LogP contribution in [-0.2, 0) is 14.3 Å². The van der Waals surface area contributed by atoms with Gasteiger partial charge in [-0.3, -0.25) is 4.79 Å². The second-order valence-corrected chi connectivity index (χ2v) is 6.13. The monoisotopic (exact) mass is 224 g/mol. The Balaban J connectivity index is 1.74. The lowest BCUT2D eigenvalue weighted by Gasteiger charge is -2.36. The molecule has 3 nitrogen and oxygen atoms in total. The topological polar surface area (TPSA) is 38.8 Å². The molecule has 16 heavy (non-hydrogen) atoms. The normalized spacial score (nSPS) is 47.3. The van der Waals surface area contributed by atoms with Crippen molar-refractivity contribution in [1.29, 1.82) is 0 Å². The number of hydrogen-bond donors (Lipinski definition) is 0. The zero-order valence-corrected chi connectivity index (χ0v) is 10.3. The van der Waals surface area contributed by atoms with Crippen molar-refractivity contribution in [2.24, 2.45) is 17.3 Å². The van der Waals surface area contributed by atoms with E-state index in [0.29, 0.717) is 12.5 Å². The summed E-state index contributed by atoms with van der Waals surface area (Å²) in [6, 6.07) is 0. The average molecular weight is 224 g/mol. The van der Waals surface area contributed by atoms with Crippen molar-refractivity contribution in [3.05, 3.63) is 0 Å². The summed E-state index contributed by atoms with van der Waals surface area (Å²) in [7, 11) is 0. The van der Waals surface area contributed by atoms with Crippen molar-refractivity contribution in [2.75, 3.05) is 6.61 Å². The molecule has 0 aromatic heterocycles. The number of ether oxygens (including phenoxy) is 2. The number of esters is 1. The second kappa shape index (κ2) is 3.00. The highest BCUT2D eigenvalue weighted by atomic mass is 16.6. The van der Waals surface area contributed by atoms with Crippen LogP contribution in [-0.4, -0.2) is 24.3 Å². The van der Waals surface area contributed by atoms with E-state index in [9.17, 15) is 4.79 Å². The summed E-state index contributed by atoms with van der Waals surface area (Å²) in [5, 5.41) is 0. The first-order chi connectivity index (χ1) is 7.48. The zero-order chi connectivity index (χ0) is 11.6. The molecule has 4 atom stereocenters. The van der Waals surface area contributed by atoms with Gasteiger partial charge in [-0.25, -0.2) is 0 Å². The Labute approximate surface area is 96.5 Å². The summed E-state index contributed by atoms with van der Waals surface area (Å²) in [4.78, 5) is 10.8. The molecule has 2 bridgehead atoms. The number of hydrogen-bond acceptors (Lipinski definition) is 3. The van der Waals surface area contributed by atoms with Crippen molar-refractivity contribution in [3.63, 3.8) is 0 Å². The van der Waals surface area contributed by atoms with Gasteiger partial charge >= 0.3 is 5.97 Å². The minimum absolute atomic E-state index is 0.0331. The van der Waals surface area contributed by atoms with Gasteiger partial charge in [-0.1, -0.05) is 13.8 Å². The predicted octanol–water partition coefficient (Wildman–Crippen LogP) is 2.14. The van der Waals surface area contributed by atoms with Crippen molar-refractivity contribution in [2.45, 2.75) is 51.7 Å². The lowest BCUT2D eigenvalue weighted by Crippen LogP contribution is -2.41. The van der Waals surface area contributed by atoms with Crippen LogP contribution in [0.4, 0.5) is 0 Å². The molecule has 1 saturated heterocycles. The van der Waals surface area contributed by atoms with E-state index < -0.39 is 0 Å². The van der Waals surface area contributed by atoms with Crippen molar-refractivity contribution in [1.82, 2.24) is 0 Å². The fourth-order valence-corrected chi connectivity index (χ4v) is 4.35. The Morgan fingerprint density at radius 1 is 1.38 bits per heavy atom. The number of rotatable bonds is 2. The Bertz CT molecular complexity index is 336. The first kappa shape index (κ1) is 10.6. The number of epoxide rings is 1. The standard InChI is InChI=1S/C13H20O3/c1-8(14)15-7-11-13(16-11)10-5-4-9(6-10)12(13,2)3/h9-11H,4-7H2,1-3H3. The predicted molar refractivity (Wildman–Crippen MR) is 58.8 cm³/mol. The molecule has 2 aliphatic carbocycles. The van der Waals surface area contributed by atoms with E-state index in [4.69, 9.17) is 9.47 Å². The smallest absolute Gasteiger partial charge is 0.302 e. The summed E-state index contributed by atoms with van der Waals surface area (Å²) in [6.45, 7) is 6.55. The molecule has 0 N–H and O–H groups in total. The third-order valence-electron chi connectivity index (χ3n) is 5.26. The minimum Gasteiger partial charge on any atom is -0.463 e. The van der Waals surface area contributed by atoms with Crippen molar-refractivity contribution in [3.8, 4) is 0 Å². The van der Waals surface area contributed by atoms with E-state index in [1.54, 1.807) is 0 Å². The van der Waals surface area contributed by atoms with Crippen molar-refractivity contribution >= 4 is 5.97 Å². The van der Waals surface area contributed by atoms with E-state index in [1.165, 1.54) is 26.2 Å². The van der Waals surface area contributed by atoms with Gasteiger partial charge in [0.1, 0.15) is 18.3 Å². The molecule has 3 rings (SSSR count). The molecular weight excluding hydrogens is 204 g/mol. The van der Waals surface area contributed by atoms with Gasteiger partial charge in [-0.05, 0) is 36.5 Å². The number of fused-ring (bicyclic) bond motifs is 3. The third kappa shape index (κ3) is 1.10. The summed E-state index contributed by atoms with van der Waals surface area (Å²) in [5.74, 6) is 1.31. The molecule has 0 aromatic carbocycles. The second-order valence-electron chi connectivity index (χ2n) is 6.13. The molecule has 1 aliphatic heterocycles. The maximum atomic E-state index is 10.8. The van der Waals surface area contributed by atoms with Crippen LogP contribution in [0.1, 0.15) is 40.0 Å². The Hall–Kier alpha value is -0.570. The van der Waals surface area contributed by atoms with Gasteiger partial charge in [0.25, 0.3) is 0 Å². The van der Waals surface area contributed by atoms with Crippen LogP contribution in [0.25, 0.3) is 0 Å². The van der Waals surface area contributed by atoms with Crippen LogP contribution in [0.5, 0.6) is 0 Å². The summed E-state index contributed by atoms with van der Waals surface area (Å²) in [5.41, 5.74) is 0.298. The quantitative estimate of drug-likeness (QED) is 0.533. The van der Waals surface area contributed by atoms with Crippen LogP contribution < -0.4 is 0 Å². The van der Waals surface area contributed by atoms with Crippen molar-refractivity contribution < 1.29 is 14.3 Å². The molecule has 1 spiro atoms. The first-order valence-electron chi connectivity index (χ1n) is 6.29. The summed E-state index contributed by atoms with van der Waals surface area (Å²) < 4.78 is 11.1. The maximum Gasteiger partial charge on any atom is 0.302 e. The van der Waals surface area contributed by atoms with E-state index in [2.05, 4.69) is 13.8 Å². The Kier molecular flexibility index (Phi) is 1.99. The van der Waals surface area contributed by atoms with E-state index in [-0.39, 0.29) is 23.1 Å². The average Bonchev–Trinajstić information content (AvgIpc) is 2.63. The van der Waals surface area contributed by atoms with Gasteiger partial charge in [-0.15, -0.1) is 0 Å². The SMILES string of the molecule is CC(=O)OCC1OC12C1CCC(C1)C2(C)C. The van der Waals surface area contributed by atoms with E-state index in [1.807, 2.05) is 0 Å². The Morgan fingerprint density at radius 3 is 2.62 bits per heavy atom. The lowest BCUT2D eigenvalue weighted by molar-refractivity contribution is -0.141.